The Balaban J connectivity index is 1.74. The molecule has 1 amide bonds. The van der Waals surface area contributed by atoms with Gasteiger partial charge in [-0.15, -0.1) is 11.3 Å². The number of halogens is 1. The van der Waals surface area contributed by atoms with Crippen LogP contribution in [0.4, 0.5) is 5.69 Å². The summed E-state index contributed by atoms with van der Waals surface area (Å²) in [6.07, 6.45) is 1.38. The summed E-state index contributed by atoms with van der Waals surface area (Å²) in [5.41, 5.74) is 0.834. The maximum Gasteiger partial charge on any atom is 0.254 e. The van der Waals surface area contributed by atoms with E-state index < -0.39 is 0 Å². The van der Waals surface area contributed by atoms with Crippen molar-refractivity contribution in [1.82, 2.24) is 9.55 Å². The molecule has 1 aromatic carbocycles. The van der Waals surface area contributed by atoms with Crippen LogP contribution in [0, 0.1) is 0 Å². The highest BCUT2D eigenvalue weighted by Crippen LogP contribution is 2.21. The second-order valence-corrected chi connectivity index (χ2v) is 6.10. The molecule has 0 saturated carbocycles. The number of nitrogens with one attached hydrogen (secondary N) is 1. The summed E-state index contributed by atoms with van der Waals surface area (Å²) in [5, 5.41) is 5.03. The highest BCUT2D eigenvalue weighted by Gasteiger charge is 2.09. The van der Waals surface area contributed by atoms with Crippen molar-refractivity contribution in [3.63, 3.8) is 0 Å². The number of carbonyl (C=O) groups is 1. The molecule has 0 aliphatic heterocycles. The molecule has 0 radical (unpaired) electrons. The van der Waals surface area contributed by atoms with Gasteiger partial charge in [0.05, 0.1) is 27.6 Å². The number of amides is 1. The van der Waals surface area contributed by atoms with Crippen LogP contribution in [0.25, 0.3) is 10.6 Å². The largest absolute Gasteiger partial charge is 0.323 e. The van der Waals surface area contributed by atoms with E-state index in [0.29, 0.717) is 16.4 Å². The van der Waals surface area contributed by atoms with Crippen molar-refractivity contribution in [1.29, 1.82) is 0 Å². The Morgan fingerprint density at radius 3 is 2.78 bits per heavy atom. The molecule has 2 aromatic heterocycles. The number of rotatable bonds is 4. The molecule has 3 aromatic rings. The summed E-state index contributed by atoms with van der Waals surface area (Å²) in [4.78, 5) is 29.3. The monoisotopic (exact) mass is 345 g/mol. The molecule has 0 saturated heterocycles. The Kier molecular flexibility index (Phi) is 4.55. The summed E-state index contributed by atoms with van der Waals surface area (Å²) in [5.74, 6) is -0.342. The van der Waals surface area contributed by atoms with E-state index in [-0.39, 0.29) is 18.0 Å². The molecular weight excluding hydrogens is 334 g/mol. The second kappa shape index (κ2) is 6.76. The van der Waals surface area contributed by atoms with Crippen LogP contribution in [0.3, 0.4) is 0 Å². The number of anilines is 1. The molecule has 0 aliphatic carbocycles. The van der Waals surface area contributed by atoms with E-state index in [4.69, 9.17) is 11.6 Å². The van der Waals surface area contributed by atoms with E-state index in [2.05, 4.69) is 10.3 Å². The van der Waals surface area contributed by atoms with Crippen LogP contribution < -0.4 is 10.9 Å². The van der Waals surface area contributed by atoms with Crippen molar-refractivity contribution < 1.29 is 4.79 Å². The van der Waals surface area contributed by atoms with Crippen LogP contribution in [0.15, 0.2) is 59.0 Å². The summed E-state index contributed by atoms with van der Waals surface area (Å²) in [6.45, 7) is -0.123. The molecule has 2 heterocycles. The minimum atomic E-state index is -0.342. The lowest BCUT2D eigenvalue weighted by Gasteiger charge is -2.08. The molecule has 0 unspecified atom stereocenters. The normalized spacial score (nSPS) is 10.5. The Morgan fingerprint density at radius 2 is 2.09 bits per heavy atom. The van der Waals surface area contributed by atoms with E-state index in [0.717, 1.165) is 4.88 Å². The van der Waals surface area contributed by atoms with Crippen molar-refractivity contribution in [2.75, 3.05) is 5.32 Å². The number of hydrogen-bond acceptors (Lipinski definition) is 4. The predicted molar refractivity (Wildman–Crippen MR) is 91.9 cm³/mol. The number of benzene rings is 1. The van der Waals surface area contributed by atoms with Crippen LogP contribution in [0.5, 0.6) is 0 Å². The van der Waals surface area contributed by atoms with Crippen LogP contribution in [0.1, 0.15) is 0 Å². The number of thiophene rings is 1. The molecule has 0 spiro atoms. The zero-order valence-corrected chi connectivity index (χ0v) is 13.5. The van der Waals surface area contributed by atoms with Crippen molar-refractivity contribution >= 4 is 34.5 Å². The second-order valence-electron chi connectivity index (χ2n) is 4.75. The number of hydrogen-bond donors (Lipinski definition) is 1. The summed E-state index contributed by atoms with van der Waals surface area (Å²) in [7, 11) is 0. The molecule has 0 fully saturated rings. The average Bonchev–Trinajstić information content (AvgIpc) is 3.06. The van der Waals surface area contributed by atoms with Gasteiger partial charge in [-0.25, -0.2) is 4.98 Å². The van der Waals surface area contributed by atoms with Gasteiger partial charge in [0.1, 0.15) is 6.54 Å². The van der Waals surface area contributed by atoms with Gasteiger partial charge in [-0.3, -0.25) is 14.2 Å². The van der Waals surface area contributed by atoms with Gasteiger partial charge in [0.15, 0.2) is 0 Å². The van der Waals surface area contributed by atoms with Gasteiger partial charge in [0, 0.05) is 6.07 Å². The van der Waals surface area contributed by atoms with Gasteiger partial charge in [0.25, 0.3) is 5.56 Å². The van der Waals surface area contributed by atoms with Crippen molar-refractivity contribution in [3.05, 3.63) is 69.5 Å². The Morgan fingerprint density at radius 1 is 1.26 bits per heavy atom. The maximum absolute atomic E-state index is 12.1. The fourth-order valence-corrected chi connectivity index (χ4v) is 2.89. The van der Waals surface area contributed by atoms with Crippen LogP contribution in [-0.4, -0.2) is 15.5 Å². The molecule has 7 heteroatoms. The van der Waals surface area contributed by atoms with Gasteiger partial charge in [-0.05, 0) is 23.6 Å². The molecule has 0 aliphatic rings. The summed E-state index contributed by atoms with van der Waals surface area (Å²) in [6, 6.07) is 12.1. The van der Waals surface area contributed by atoms with Crippen molar-refractivity contribution in [3.8, 4) is 10.6 Å². The summed E-state index contributed by atoms with van der Waals surface area (Å²) >= 11 is 7.49. The first-order chi connectivity index (χ1) is 11.1. The molecule has 116 valence electrons. The van der Waals surface area contributed by atoms with Gasteiger partial charge >= 0.3 is 0 Å². The smallest absolute Gasteiger partial charge is 0.254 e. The van der Waals surface area contributed by atoms with Crippen molar-refractivity contribution in [2.45, 2.75) is 6.54 Å². The number of aromatic nitrogens is 2. The Bertz CT molecular complexity index is 890. The van der Waals surface area contributed by atoms with Crippen LogP contribution in [-0.2, 0) is 11.3 Å². The number of para-hydroxylation sites is 1. The molecule has 0 bridgehead atoms. The first-order valence-corrected chi connectivity index (χ1v) is 8.04. The first-order valence-electron chi connectivity index (χ1n) is 6.78. The lowest BCUT2D eigenvalue weighted by atomic mass is 10.3. The molecule has 1 N–H and O–H groups in total. The minimum absolute atomic E-state index is 0.123. The fraction of sp³-hybridized carbons (Fsp3) is 0.0625. The van der Waals surface area contributed by atoms with E-state index in [1.807, 2.05) is 17.5 Å². The van der Waals surface area contributed by atoms with Gasteiger partial charge < -0.3 is 5.32 Å². The topological polar surface area (TPSA) is 64.0 Å². The third-order valence-electron chi connectivity index (χ3n) is 3.11. The van der Waals surface area contributed by atoms with Crippen LogP contribution in [0.2, 0.25) is 5.02 Å². The van der Waals surface area contributed by atoms with Gasteiger partial charge in [-0.1, -0.05) is 29.8 Å². The van der Waals surface area contributed by atoms with Crippen LogP contribution >= 0.6 is 22.9 Å². The molecule has 23 heavy (non-hydrogen) atoms. The third-order valence-corrected chi connectivity index (χ3v) is 4.34. The van der Waals surface area contributed by atoms with E-state index in [9.17, 15) is 9.59 Å². The lowest BCUT2D eigenvalue weighted by Crippen LogP contribution is -2.27. The Labute approximate surface area is 141 Å². The molecule has 5 nitrogen and oxygen atoms in total. The number of carbonyl (C=O) groups excluding carboxylic acids is 1. The quantitative estimate of drug-likeness (QED) is 0.789. The minimum Gasteiger partial charge on any atom is -0.323 e. The van der Waals surface area contributed by atoms with Gasteiger partial charge in [0.2, 0.25) is 5.91 Å². The highest BCUT2D eigenvalue weighted by molar-refractivity contribution is 7.13. The zero-order chi connectivity index (χ0) is 16.2. The predicted octanol–water partition coefficient (Wildman–Crippen LogP) is 3.26. The third kappa shape index (κ3) is 3.67. The average molecular weight is 346 g/mol. The van der Waals surface area contributed by atoms with E-state index in [1.165, 1.54) is 28.3 Å². The summed E-state index contributed by atoms with van der Waals surface area (Å²) < 4.78 is 1.25. The van der Waals surface area contributed by atoms with Crippen molar-refractivity contribution in [2.24, 2.45) is 0 Å². The molecule has 0 atom stereocenters. The fourth-order valence-electron chi connectivity index (χ4n) is 2.01. The zero-order valence-electron chi connectivity index (χ0n) is 11.9. The number of nitrogens with zero attached hydrogens (tertiary/aromatic N) is 2. The SMILES string of the molecule is O=C(Cn1cnc(-c2cccs2)cc1=O)Nc1ccccc1Cl. The highest BCUT2D eigenvalue weighted by atomic mass is 35.5. The maximum atomic E-state index is 12.1. The van der Waals surface area contributed by atoms with E-state index >= 15 is 0 Å². The molecular formula is C16H12ClN3O2S. The first kappa shape index (κ1) is 15.5. The van der Waals surface area contributed by atoms with Gasteiger partial charge in [-0.2, -0.15) is 0 Å². The lowest BCUT2D eigenvalue weighted by molar-refractivity contribution is -0.116. The Hall–Kier alpha value is -2.44. The standard InChI is InChI=1S/C16H12ClN3O2S/c17-11-4-1-2-5-12(11)19-15(21)9-20-10-18-13(8-16(20)22)14-6-3-7-23-14/h1-8,10H,9H2,(H,19,21). The van der Waals surface area contributed by atoms with E-state index in [1.54, 1.807) is 24.3 Å². The molecule has 3 rings (SSSR count).